The molecule has 28 heavy (non-hydrogen) atoms. The molecule has 1 aliphatic rings. The molecular weight excluding hydrogens is 380 g/mol. The van der Waals surface area contributed by atoms with Gasteiger partial charge >= 0.3 is 5.97 Å². The van der Waals surface area contributed by atoms with E-state index < -0.39 is 29.1 Å². The van der Waals surface area contributed by atoms with Gasteiger partial charge in [-0.25, -0.2) is 4.79 Å². The van der Waals surface area contributed by atoms with E-state index in [1.165, 1.54) is 0 Å². The fraction of sp³-hybridized carbons (Fsp3) is 0.238. The lowest BCUT2D eigenvalue weighted by molar-refractivity contribution is -0.151. The number of carbonyl (C=O) groups excluding carboxylic acids is 3. The molecule has 1 fully saturated rings. The molecule has 0 spiro atoms. The van der Waals surface area contributed by atoms with Crippen LogP contribution in [0.2, 0.25) is 5.02 Å². The van der Waals surface area contributed by atoms with Crippen molar-refractivity contribution in [1.82, 2.24) is 0 Å². The van der Waals surface area contributed by atoms with E-state index in [4.69, 9.17) is 16.3 Å². The minimum absolute atomic E-state index is 0.0465. The molecular formula is C21H17ClN2O4. The fourth-order valence-corrected chi connectivity index (χ4v) is 3.55. The molecule has 2 aromatic carbocycles. The summed E-state index contributed by atoms with van der Waals surface area (Å²) in [5, 5.41) is 10.5. The zero-order valence-corrected chi connectivity index (χ0v) is 15.8. The molecule has 2 atom stereocenters. The van der Waals surface area contributed by atoms with E-state index in [9.17, 15) is 19.6 Å². The highest BCUT2D eigenvalue weighted by atomic mass is 35.5. The van der Waals surface area contributed by atoms with Gasteiger partial charge in [-0.15, -0.1) is 0 Å². The Morgan fingerprint density at radius 2 is 1.86 bits per heavy atom. The van der Waals surface area contributed by atoms with Crippen LogP contribution in [0, 0.1) is 17.2 Å². The first-order valence-electron chi connectivity index (χ1n) is 8.72. The van der Waals surface area contributed by atoms with Gasteiger partial charge in [-0.05, 0) is 36.8 Å². The number of halogens is 1. The zero-order chi connectivity index (χ0) is 20.3. The Morgan fingerprint density at radius 1 is 1.21 bits per heavy atom. The topological polar surface area (TPSA) is 87.5 Å². The molecule has 0 unspecified atom stereocenters. The average molecular weight is 397 g/mol. The lowest BCUT2D eigenvalue weighted by atomic mass is 9.70. The standard InChI is InChI=1S/C21H17ClN2O4/c1-2-28-20(27)21(13-23,14-6-4-3-5-7-14)17-12-18(25)24(19(17)26)16-10-8-15(22)9-11-16/h3-11,17H,2,12H2,1H3/t17-,21+/m1/s1. The van der Waals surface area contributed by atoms with Gasteiger partial charge in [0, 0.05) is 11.4 Å². The number of imide groups is 1. The number of hydrogen-bond acceptors (Lipinski definition) is 5. The second kappa shape index (κ2) is 7.83. The van der Waals surface area contributed by atoms with Crippen LogP contribution >= 0.6 is 11.6 Å². The van der Waals surface area contributed by atoms with Crippen LogP contribution in [0.5, 0.6) is 0 Å². The van der Waals surface area contributed by atoms with Crippen molar-refractivity contribution in [2.24, 2.45) is 5.92 Å². The highest BCUT2D eigenvalue weighted by molar-refractivity contribution is 6.30. The van der Waals surface area contributed by atoms with Gasteiger partial charge < -0.3 is 4.74 Å². The van der Waals surface area contributed by atoms with Crippen LogP contribution in [0.4, 0.5) is 5.69 Å². The molecule has 7 heteroatoms. The van der Waals surface area contributed by atoms with E-state index in [1.54, 1.807) is 61.5 Å². The average Bonchev–Trinajstić information content (AvgIpc) is 2.99. The van der Waals surface area contributed by atoms with Gasteiger partial charge in [0.15, 0.2) is 5.41 Å². The molecule has 2 amide bonds. The van der Waals surface area contributed by atoms with E-state index in [1.807, 2.05) is 6.07 Å². The Labute approximate surface area is 167 Å². The van der Waals surface area contributed by atoms with E-state index in [2.05, 4.69) is 0 Å². The molecule has 142 valence electrons. The highest BCUT2D eigenvalue weighted by Gasteiger charge is 2.58. The number of esters is 1. The summed E-state index contributed by atoms with van der Waals surface area (Å²) in [4.78, 5) is 39.7. The third-order valence-electron chi connectivity index (χ3n) is 4.76. The van der Waals surface area contributed by atoms with Crippen LogP contribution in [-0.2, 0) is 24.5 Å². The normalized spacial score (nSPS) is 18.5. The smallest absolute Gasteiger partial charge is 0.331 e. The predicted molar refractivity (Wildman–Crippen MR) is 102 cm³/mol. The Kier molecular flexibility index (Phi) is 5.48. The van der Waals surface area contributed by atoms with Gasteiger partial charge in [-0.2, -0.15) is 5.26 Å². The Morgan fingerprint density at radius 3 is 2.43 bits per heavy atom. The molecule has 1 aliphatic heterocycles. The van der Waals surface area contributed by atoms with Gasteiger partial charge in [0.1, 0.15) is 0 Å². The second-order valence-electron chi connectivity index (χ2n) is 6.31. The molecule has 3 rings (SSSR count). The Balaban J connectivity index is 2.10. The predicted octanol–water partition coefficient (Wildman–Crippen LogP) is 3.24. The number of ether oxygens (including phenoxy) is 1. The molecule has 1 saturated heterocycles. The summed E-state index contributed by atoms with van der Waals surface area (Å²) in [5.74, 6) is -3.14. The summed E-state index contributed by atoms with van der Waals surface area (Å²) < 4.78 is 5.14. The number of carbonyl (C=O) groups is 3. The van der Waals surface area contributed by atoms with Crippen LogP contribution < -0.4 is 4.90 Å². The van der Waals surface area contributed by atoms with Crippen molar-refractivity contribution in [3.8, 4) is 6.07 Å². The van der Waals surface area contributed by atoms with Crippen LogP contribution in [0.3, 0.4) is 0 Å². The lowest BCUT2D eigenvalue weighted by Crippen LogP contribution is -2.47. The minimum Gasteiger partial charge on any atom is -0.465 e. The van der Waals surface area contributed by atoms with Crippen molar-refractivity contribution in [2.75, 3.05) is 11.5 Å². The van der Waals surface area contributed by atoms with Gasteiger partial charge in [-0.1, -0.05) is 41.9 Å². The van der Waals surface area contributed by atoms with Gasteiger partial charge in [0.2, 0.25) is 11.8 Å². The molecule has 0 radical (unpaired) electrons. The highest BCUT2D eigenvalue weighted by Crippen LogP contribution is 2.41. The summed E-state index contributed by atoms with van der Waals surface area (Å²) in [5.41, 5.74) is -1.25. The third-order valence-corrected chi connectivity index (χ3v) is 5.01. The van der Waals surface area contributed by atoms with Crippen LogP contribution in [0.1, 0.15) is 18.9 Å². The largest absolute Gasteiger partial charge is 0.465 e. The van der Waals surface area contributed by atoms with Gasteiger partial charge in [0.25, 0.3) is 0 Å². The first kappa shape index (κ1) is 19.6. The van der Waals surface area contributed by atoms with E-state index in [0.29, 0.717) is 16.3 Å². The number of anilines is 1. The van der Waals surface area contributed by atoms with Crippen molar-refractivity contribution in [1.29, 1.82) is 5.26 Å². The van der Waals surface area contributed by atoms with Crippen LogP contribution in [0.15, 0.2) is 54.6 Å². The molecule has 0 N–H and O–H groups in total. The minimum atomic E-state index is -1.91. The summed E-state index contributed by atoms with van der Waals surface area (Å²) in [6.07, 6.45) is -0.275. The number of benzene rings is 2. The SMILES string of the molecule is CCOC(=O)[C@@](C#N)(c1ccccc1)[C@@H]1CC(=O)N(c2ccc(Cl)cc2)C1=O. The first-order valence-corrected chi connectivity index (χ1v) is 9.09. The number of nitrogens with zero attached hydrogens (tertiary/aromatic N) is 2. The number of amides is 2. The van der Waals surface area contributed by atoms with E-state index >= 15 is 0 Å². The summed E-state index contributed by atoms with van der Waals surface area (Å²) in [6, 6.07) is 16.4. The van der Waals surface area contributed by atoms with Crippen LogP contribution in [-0.4, -0.2) is 24.4 Å². The maximum Gasteiger partial charge on any atom is 0.331 e. The first-order chi connectivity index (χ1) is 13.5. The van der Waals surface area contributed by atoms with E-state index in [-0.39, 0.29) is 13.0 Å². The molecule has 6 nitrogen and oxygen atoms in total. The Bertz CT molecular complexity index is 953. The molecule has 2 aromatic rings. The van der Waals surface area contributed by atoms with E-state index in [0.717, 1.165) is 4.90 Å². The summed E-state index contributed by atoms with van der Waals surface area (Å²) in [6.45, 7) is 1.66. The van der Waals surface area contributed by atoms with Crippen molar-refractivity contribution in [3.05, 3.63) is 65.2 Å². The van der Waals surface area contributed by atoms with Crippen molar-refractivity contribution in [2.45, 2.75) is 18.8 Å². The molecule has 0 aromatic heterocycles. The molecule has 0 aliphatic carbocycles. The second-order valence-corrected chi connectivity index (χ2v) is 6.74. The number of nitriles is 1. The molecule has 1 heterocycles. The quantitative estimate of drug-likeness (QED) is 0.572. The maximum absolute atomic E-state index is 13.2. The van der Waals surface area contributed by atoms with Crippen molar-refractivity contribution >= 4 is 35.1 Å². The lowest BCUT2D eigenvalue weighted by Gasteiger charge is -2.29. The summed E-state index contributed by atoms with van der Waals surface area (Å²) >= 11 is 5.88. The maximum atomic E-state index is 13.2. The third kappa shape index (κ3) is 3.14. The molecule has 0 saturated carbocycles. The molecule has 0 bridgehead atoms. The monoisotopic (exact) mass is 396 g/mol. The number of rotatable bonds is 5. The Hall–Kier alpha value is -3.17. The number of hydrogen-bond donors (Lipinski definition) is 0. The zero-order valence-electron chi connectivity index (χ0n) is 15.1. The van der Waals surface area contributed by atoms with Gasteiger partial charge in [0.05, 0.1) is 24.3 Å². The fourth-order valence-electron chi connectivity index (χ4n) is 3.43. The summed E-state index contributed by atoms with van der Waals surface area (Å²) in [7, 11) is 0. The van der Waals surface area contributed by atoms with Crippen molar-refractivity contribution in [3.63, 3.8) is 0 Å². The van der Waals surface area contributed by atoms with Crippen molar-refractivity contribution < 1.29 is 19.1 Å². The van der Waals surface area contributed by atoms with Gasteiger partial charge in [-0.3, -0.25) is 14.5 Å². The van der Waals surface area contributed by atoms with Crippen LogP contribution in [0.25, 0.3) is 0 Å².